The first-order chi connectivity index (χ1) is 8.01. The molecule has 0 heterocycles. The van der Waals surface area contributed by atoms with Crippen molar-refractivity contribution in [3.05, 3.63) is 11.6 Å². The van der Waals surface area contributed by atoms with Crippen molar-refractivity contribution in [2.45, 2.75) is 12.8 Å². The minimum Gasteiger partial charge on any atom is -0.478 e. The summed E-state index contributed by atoms with van der Waals surface area (Å²) in [5, 5.41) is 8.86. The zero-order valence-corrected chi connectivity index (χ0v) is 9.63. The maximum Gasteiger partial charge on any atom is 0.331 e. The maximum atomic E-state index is 11.5. The number of aliphatic carboxylic acids is 1. The van der Waals surface area contributed by atoms with Crippen molar-refractivity contribution in [1.82, 2.24) is 0 Å². The summed E-state index contributed by atoms with van der Waals surface area (Å²) in [6.07, 6.45) is 1.61. The Morgan fingerprint density at radius 2 is 1.71 bits per heavy atom. The zero-order valence-electron chi connectivity index (χ0n) is 9.63. The van der Waals surface area contributed by atoms with Gasteiger partial charge in [0.1, 0.15) is 0 Å². The highest BCUT2D eigenvalue weighted by Crippen LogP contribution is 2.31. The number of allylic oxidation sites excluding steroid dienone is 1. The van der Waals surface area contributed by atoms with Crippen LogP contribution in [-0.4, -0.2) is 37.2 Å². The van der Waals surface area contributed by atoms with Gasteiger partial charge in [-0.05, 0) is 12.8 Å². The largest absolute Gasteiger partial charge is 0.478 e. The minimum atomic E-state index is -1.08. The molecule has 0 aromatic rings. The molecule has 0 fully saturated rings. The molecule has 94 valence electrons. The lowest BCUT2D eigenvalue weighted by molar-refractivity contribution is -0.158. The summed E-state index contributed by atoms with van der Waals surface area (Å²) in [6.45, 7) is 0. The lowest BCUT2D eigenvalue weighted by Crippen LogP contribution is -2.34. The van der Waals surface area contributed by atoms with Gasteiger partial charge in [-0.25, -0.2) is 4.79 Å². The van der Waals surface area contributed by atoms with Crippen molar-refractivity contribution in [2.75, 3.05) is 14.2 Å². The Kier molecular flexibility index (Phi) is 4.25. The van der Waals surface area contributed by atoms with E-state index in [4.69, 9.17) is 5.11 Å². The number of hydrogen-bond acceptors (Lipinski definition) is 5. The molecule has 0 aromatic heterocycles. The number of methoxy groups -OCH3 is 2. The molecule has 0 bridgehead atoms. The predicted molar refractivity (Wildman–Crippen MR) is 56.0 cm³/mol. The first-order valence-corrected chi connectivity index (χ1v) is 5.09. The summed E-state index contributed by atoms with van der Waals surface area (Å²) < 4.78 is 9.16. The Bertz CT molecular complexity index is 370. The van der Waals surface area contributed by atoms with Crippen LogP contribution in [0, 0.1) is 11.8 Å². The number of esters is 2. The summed E-state index contributed by atoms with van der Waals surface area (Å²) in [4.78, 5) is 33.8. The number of carboxylic acid groups (broad SMARTS) is 1. The van der Waals surface area contributed by atoms with E-state index in [1.807, 2.05) is 0 Å². The van der Waals surface area contributed by atoms with E-state index in [2.05, 4.69) is 9.47 Å². The Labute approximate surface area is 98.2 Å². The number of ether oxygens (including phenoxy) is 2. The number of rotatable bonds is 3. The molecule has 0 spiro atoms. The molecule has 1 rings (SSSR count). The van der Waals surface area contributed by atoms with E-state index in [1.165, 1.54) is 20.3 Å². The van der Waals surface area contributed by atoms with Crippen molar-refractivity contribution < 1.29 is 29.0 Å². The van der Waals surface area contributed by atoms with E-state index in [0.29, 0.717) is 0 Å². The topological polar surface area (TPSA) is 89.9 Å². The van der Waals surface area contributed by atoms with E-state index < -0.39 is 29.7 Å². The third-order valence-electron chi connectivity index (χ3n) is 2.83. The fourth-order valence-electron chi connectivity index (χ4n) is 1.88. The van der Waals surface area contributed by atoms with Crippen molar-refractivity contribution in [3.8, 4) is 0 Å². The Balaban J connectivity index is 2.94. The van der Waals surface area contributed by atoms with Gasteiger partial charge in [0.2, 0.25) is 0 Å². The quantitative estimate of drug-likeness (QED) is 0.719. The van der Waals surface area contributed by atoms with Gasteiger partial charge < -0.3 is 14.6 Å². The summed E-state index contributed by atoms with van der Waals surface area (Å²) in [5.41, 5.74) is 0.126. The second-order valence-corrected chi connectivity index (χ2v) is 3.73. The molecule has 0 saturated carbocycles. The van der Waals surface area contributed by atoms with Crippen LogP contribution in [0.15, 0.2) is 11.6 Å². The Morgan fingerprint density at radius 1 is 1.18 bits per heavy atom. The summed E-state index contributed by atoms with van der Waals surface area (Å²) in [5.74, 6) is -3.66. The van der Waals surface area contributed by atoms with Crippen LogP contribution in [0.25, 0.3) is 0 Å². The molecule has 6 nitrogen and oxygen atoms in total. The predicted octanol–water partition coefficient (Wildman–Crippen LogP) is 0.370. The van der Waals surface area contributed by atoms with Crippen LogP contribution in [-0.2, 0) is 23.9 Å². The van der Waals surface area contributed by atoms with Crippen molar-refractivity contribution >= 4 is 17.9 Å². The minimum absolute atomic E-state index is 0.0121. The van der Waals surface area contributed by atoms with Crippen molar-refractivity contribution in [2.24, 2.45) is 11.8 Å². The lowest BCUT2D eigenvalue weighted by atomic mass is 9.79. The van der Waals surface area contributed by atoms with E-state index in [0.717, 1.165) is 0 Å². The first-order valence-electron chi connectivity index (χ1n) is 5.09. The Hall–Kier alpha value is -1.85. The second kappa shape index (κ2) is 5.47. The van der Waals surface area contributed by atoms with Crippen LogP contribution >= 0.6 is 0 Å². The highest BCUT2D eigenvalue weighted by molar-refractivity contribution is 5.90. The average molecular weight is 242 g/mol. The third kappa shape index (κ3) is 2.83. The molecule has 2 atom stereocenters. The molecule has 6 heteroatoms. The molecular weight excluding hydrogens is 228 g/mol. The van der Waals surface area contributed by atoms with Gasteiger partial charge in [-0.2, -0.15) is 0 Å². The SMILES string of the molecule is COC(=O)[C@@H]1CC=C(C(=O)O)C[C@H]1C(=O)OC. The second-order valence-electron chi connectivity index (χ2n) is 3.73. The van der Waals surface area contributed by atoms with Crippen molar-refractivity contribution in [3.63, 3.8) is 0 Å². The van der Waals surface area contributed by atoms with Gasteiger partial charge in [0.25, 0.3) is 0 Å². The first kappa shape index (κ1) is 13.2. The Morgan fingerprint density at radius 3 is 2.18 bits per heavy atom. The number of carboxylic acids is 1. The molecule has 0 unspecified atom stereocenters. The molecule has 0 amide bonds. The highest BCUT2D eigenvalue weighted by Gasteiger charge is 2.39. The summed E-state index contributed by atoms with van der Waals surface area (Å²) >= 11 is 0. The van der Waals surface area contributed by atoms with Gasteiger partial charge in [0, 0.05) is 5.57 Å². The smallest absolute Gasteiger partial charge is 0.331 e. The summed E-state index contributed by atoms with van der Waals surface area (Å²) in [6, 6.07) is 0. The van der Waals surface area contributed by atoms with Crippen LogP contribution in [0.5, 0.6) is 0 Å². The molecule has 1 aliphatic carbocycles. The molecular formula is C11H14O6. The van der Waals surface area contributed by atoms with Crippen molar-refractivity contribution in [1.29, 1.82) is 0 Å². The van der Waals surface area contributed by atoms with Gasteiger partial charge in [-0.15, -0.1) is 0 Å². The average Bonchev–Trinajstić information content (AvgIpc) is 2.35. The van der Waals surface area contributed by atoms with Crippen LogP contribution in [0.4, 0.5) is 0 Å². The van der Waals surface area contributed by atoms with E-state index in [-0.39, 0.29) is 18.4 Å². The van der Waals surface area contributed by atoms with Crippen LogP contribution in [0.1, 0.15) is 12.8 Å². The molecule has 0 aromatic carbocycles. The van der Waals surface area contributed by atoms with Gasteiger partial charge in [-0.1, -0.05) is 6.08 Å². The molecule has 1 N–H and O–H groups in total. The fourth-order valence-corrected chi connectivity index (χ4v) is 1.88. The third-order valence-corrected chi connectivity index (χ3v) is 2.83. The van der Waals surface area contributed by atoms with Gasteiger partial charge in [-0.3, -0.25) is 9.59 Å². The number of hydrogen-bond donors (Lipinski definition) is 1. The van der Waals surface area contributed by atoms with Gasteiger partial charge >= 0.3 is 17.9 Å². The standard InChI is InChI=1S/C11H14O6/c1-16-10(14)7-4-3-6(9(12)13)5-8(7)11(15)17-2/h3,7-8H,4-5H2,1-2H3,(H,12,13)/t7-,8-/m1/s1. The number of carbonyl (C=O) groups excluding carboxylic acids is 2. The lowest BCUT2D eigenvalue weighted by Gasteiger charge is -2.26. The zero-order chi connectivity index (χ0) is 13.0. The normalized spacial score (nSPS) is 23.5. The van der Waals surface area contributed by atoms with Crippen LogP contribution < -0.4 is 0 Å². The van der Waals surface area contributed by atoms with E-state index in [9.17, 15) is 14.4 Å². The van der Waals surface area contributed by atoms with Crippen LogP contribution in [0.3, 0.4) is 0 Å². The maximum absolute atomic E-state index is 11.5. The van der Waals surface area contributed by atoms with E-state index >= 15 is 0 Å². The monoisotopic (exact) mass is 242 g/mol. The number of carbonyl (C=O) groups is 3. The molecule has 17 heavy (non-hydrogen) atoms. The fraction of sp³-hybridized carbons (Fsp3) is 0.545. The highest BCUT2D eigenvalue weighted by atomic mass is 16.5. The molecule has 0 saturated heterocycles. The molecule has 1 aliphatic rings. The van der Waals surface area contributed by atoms with Gasteiger partial charge in [0.15, 0.2) is 0 Å². The van der Waals surface area contributed by atoms with E-state index in [1.54, 1.807) is 0 Å². The molecule has 0 aliphatic heterocycles. The summed E-state index contributed by atoms with van der Waals surface area (Å²) in [7, 11) is 2.43. The van der Waals surface area contributed by atoms with Gasteiger partial charge in [0.05, 0.1) is 26.1 Å². The molecule has 0 radical (unpaired) electrons. The van der Waals surface area contributed by atoms with Crippen LogP contribution in [0.2, 0.25) is 0 Å².